The summed E-state index contributed by atoms with van der Waals surface area (Å²) in [6, 6.07) is 12.2. The molecule has 414 valence electrons. The molecule has 8 rings (SSSR count). The molecule has 2 aliphatic heterocycles. The van der Waals surface area contributed by atoms with E-state index in [2.05, 4.69) is 53.3 Å². The molecule has 21 nitrogen and oxygen atoms in total. The fourth-order valence-corrected chi connectivity index (χ4v) is 10.8. The Balaban J connectivity index is 0.660. The maximum Gasteiger partial charge on any atom is 0.251 e. The van der Waals surface area contributed by atoms with E-state index in [1.165, 1.54) is 12.8 Å². The first kappa shape index (κ1) is 56.6. The highest BCUT2D eigenvalue weighted by Crippen LogP contribution is 2.43. The topological polar surface area (TPSA) is 238 Å². The van der Waals surface area contributed by atoms with Crippen molar-refractivity contribution in [2.24, 2.45) is 5.41 Å². The summed E-state index contributed by atoms with van der Waals surface area (Å²) in [5, 5.41) is 20.8. The first-order chi connectivity index (χ1) is 37.3. The highest BCUT2D eigenvalue weighted by Gasteiger charge is 2.42. The molecule has 0 spiro atoms. The van der Waals surface area contributed by atoms with Gasteiger partial charge in [-0.3, -0.25) is 23.7 Å². The number of carbonyl (C=O) groups excluding carboxylic acids is 4. The van der Waals surface area contributed by atoms with Gasteiger partial charge in [-0.25, -0.2) is 9.97 Å². The van der Waals surface area contributed by atoms with Gasteiger partial charge in [0.15, 0.2) is 11.6 Å². The van der Waals surface area contributed by atoms with Gasteiger partial charge in [-0.15, -0.1) is 21.5 Å². The second-order valence-corrected chi connectivity index (χ2v) is 21.3. The maximum atomic E-state index is 13.9. The number of anilines is 3. The summed E-state index contributed by atoms with van der Waals surface area (Å²) >= 11 is 1.59. The number of ether oxygens (including phenoxy) is 5. The van der Waals surface area contributed by atoms with Gasteiger partial charge in [0, 0.05) is 37.7 Å². The largest absolute Gasteiger partial charge is 0.495 e. The molecule has 22 heteroatoms. The number of hydrogen-bond donors (Lipinski definition) is 4. The highest BCUT2D eigenvalue weighted by atomic mass is 32.1. The summed E-state index contributed by atoms with van der Waals surface area (Å²) in [4.78, 5) is 72.6. The van der Waals surface area contributed by atoms with Gasteiger partial charge in [-0.1, -0.05) is 64.8 Å². The lowest BCUT2D eigenvalue weighted by Gasteiger charge is -2.40. The van der Waals surface area contributed by atoms with Gasteiger partial charge in [0.2, 0.25) is 23.7 Å². The normalized spacial score (nSPS) is 16.7. The molecule has 1 aliphatic carbocycles. The van der Waals surface area contributed by atoms with Crippen molar-refractivity contribution in [1.29, 1.82) is 0 Å². The Morgan fingerprint density at radius 3 is 2.25 bits per heavy atom. The van der Waals surface area contributed by atoms with Crippen molar-refractivity contribution < 1.29 is 42.9 Å². The monoisotopic (exact) mass is 1080 g/mol. The number of hydrogen-bond acceptors (Lipinski definition) is 17. The van der Waals surface area contributed by atoms with Crippen LogP contribution in [0.5, 0.6) is 5.75 Å². The molecule has 1 saturated heterocycles. The fraction of sp³-hybridized carbons (Fsp3) is 0.545. The summed E-state index contributed by atoms with van der Waals surface area (Å²) in [6.07, 6.45) is 10.3. The van der Waals surface area contributed by atoms with E-state index in [4.69, 9.17) is 28.7 Å². The predicted octanol–water partition coefficient (Wildman–Crippen LogP) is 6.48. The molecule has 5 aromatic rings. The number of amides is 4. The average molecular weight is 1080 g/mol. The number of nitrogens with one attached hydrogen (secondary N) is 4. The summed E-state index contributed by atoms with van der Waals surface area (Å²) in [5.41, 5.74) is 6.17. The lowest BCUT2D eigenvalue weighted by Crippen LogP contribution is -2.57. The quantitative estimate of drug-likeness (QED) is 0.0412. The van der Waals surface area contributed by atoms with Gasteiger partial charge in [-0.05, 0) is 73.8 Å². The third-order valence-corrected chi connectivity index (χ3v) is 15.1. The summed E-state index contributed by atoms with van der Waals surface area (Å²) in [7, 11) is 1.55. The van der Waals surface area contributed by atoms with Crippen LogP contribution in [-0.4, -0.2) is 149 Å². The molecule has 0 radical (unpaired) electrons. The summed E-state index contributed by atoms with van der Waals surface area (Å²) < 4.78 is 30.2. The molecular weight excluding hydrogens is 1000 g/mol. The zero-order valence-electron chi connectivity index (χ0n) is 45.2. The Morgan fingerprint density at radius 2 is 1.57 bits per heavy atom. The molecule has 4 N–H and O–H groups in total. The van der Waals surface area contributed by atoms with Crippen LogP contribution in [0.25, 0.3) is 16.1 Å². The van der Waals surface area contributed by atoms with E-state index in [0.717, 1.165) is 58.3 Å². The van der Waals surface area contributed by atoms with Crippen molar-refractivity contribution in [2.75, 3.05) is 83.3 Å². The van der Waals surface area contributed by atoms with E-state index in [0.29, 0.717) is 101 Å². The molecule has 3 aromatic heterocycles. The molecule has 3 aliphatic rings. The van der Waals surface area contributed by atoms with Crippen LogP contribution in [0.1, 0.15) is 113 Å². The minimum absolute atomic E-state index is 0.0619. The van der Waals surface area contributed by atoms with Crippen molar-refractivity contribution >= 4 is 52.4 Å². The highest BCUT2D eigenvalue weighted by molar-refractivity contribution is 7.13. The SMILES string of the molecule is CC[C@@H]1c2nncn2-c2cnc(Nc3ccc(C(=O)NCCOCCOCCOCCOCCC(=O)N[C@H](C(=O)N4CCC[C@H]4C(=O)NCc4ccc(-c5scnc5C)cc4)C(C)(C)C)cc3OC)nc2N1C1CCCC1. The van der Waals surface area contributed by atoms with Crippen LogP contribution in [0, 0.1) is 12.3 Å². The average Bonchev–Trinajstić information content (AvgIpc) is 4.35. The minimum Gasteiger partial charge on any atom is -0.495 e. The van der Waals surface area contributed by atoms with Crippen LogP contribution >= 0.6 is 11.3 Å². The van der Waals surface area contributed by atoms with Gasteiger partial charge < -0.3 is 54.8 Å². The first-order valence-electron chi connectivity index (χ1n) is 26.8. The van der Waals surface area contributed by atoms with Crippen molar-refractivity contribution in [2.45, 2.75) is 117 Å². The van der Waals surface area contributed by atoms with Gasteiger partial charge >= 0.3 is 0 Å². The second-order valence-electron chi connectivity index (χ2n) is 20.5. The van der Waals surface area contributed by atoms with Crippen LogP contribution in [0.15, 0.2) is 60.5 Å². The lowest BCUT2D eigenvalue weighted by molar-refractivity contribution is -0.144. The molecule has 0 bridgehead atoms. The predicted molar refractivity (Wildman–Crippen MR) is 291 cm³/mol. The smallest absolute Gasteiger partial charge is 0.251 e. The number of benzene rings is 2. The molecule has 77 heavy (non-hydrogen) atoms. The summed E-state index contributed by atoms with van der Waals surface area (Å²) in [5.74, 6) is 1.60. The van der Waals surface area contributed by atoms with E-state index in [-0.39, 0.29) is 49.3 Å². The molecule has 5 heterocycles. The van der Waals surface area contributed by atoms with Crippen molar-refractivity contribution in [3.05, 3.63) is 83.1 Å². The lowest BCUT2D eigenvalue weighted by atomic mass is 9.85. The Kier molecular flexibility index (Phi) is 19.9. The van der Waals surface area contributed by atoms with Crippen LogP contribution < -0.4 is 30.9 Å². The Hall–Kier alpha value is -6.59. The van der Waals surface area contributed by atoms with Gasteiger partial charge in [-0.2, -0.15) is 4.98 Å². The Bertz CT molecular complexity index is 2760. The van der Waals surface area contributed by atoms with Crippen molar-refractivity contribution in [1.82, 2.24) is 50.6 Å². The molecule has 2 fully saturated rings. The third kappa shape index (κ3) is 14.5. The van der Waals surface area contributed by atoms with Crippen LogP contribution in [0.2, 0.25) is 0 Å². The van der Waals surface area contributed by atoms with E-state index in [1.54, 1.807) is 54.1 Å². The number of aromatic nitrogens is 6. The fourth-order valence-electron chi connectivity index (χ4n) is 10.0. The standard InChI is InChI=1S/C55H74N12O9S/c1-7-42-50-64-60-34-66(50)44-33-58-54(63-49(44)67(42)40-11-8-9-12-40)61-41-19-18-39(31-45(41)72-6)51(69)56-21-24-74-26-28-76-30-29-75-27-25-73-23-20-46(68)62-48(55(3,4)5)53(71)65-22-10-13-43(65)52(70)57-32-37-14-16-38(17-15-37)47-36(2)59-35-77-47/h14-19,31,33-35,40,42-43,48H,7-13,20-30,32H2,1-6H3,(H,56,69)(H,57,70)(H,62,68)(H,58,61,63)/t42-,43+,48-/m1/s1. The first-order valence-corrected chi connectivity index (χ1v) is 27.7. The van der Waals surface area contributed by atoms with E-state index < -0.39 is 17.5 Å². The number of nitrogens with zero attached hydrogens (tertiary/aromatic N) is 8. The van der Waals surface area contributed by atoms with Gasteiger partial charge in [0.05, 0.1) is 94.0 Å². The Morgan fingerprint density at radius 1 is 0.857 bits per heavy atom. The number of fused-ring (bicyclic) bond motifs is 3. The maximum absolute atomic E-state index is 13.9. The third-order valence-electron chi connectivity index (χ3n) is 14.1. The Labute approximate surface area is 454 Å². The van der Waals surface area contributed by atoms with Crippen molar-refractivity contribution in [3.8, 4) is 21.9 Å². The van der Waals surface area contributed by atoms with Crippen molar-refractivity contribution in [3.63, 3.8) is 0 Å². The molecule has 2 aromatic carbocycles. The second kappa shape index (κ2) is 27.1. The van der Waals surface area contributed by atoms with E-state index >= 15 is 0 Å². The number of methoxy groups -OCH3 is 1. The van der Waals surface area contributed by atoms with E-state index in [1.807, 2.05) is 62.0 Å². The van der Waals surface area contributed by atoms with E-state index in [9.17, 15) is 19.2 Å². The minimum atomic E-state index is -0.817. The number of likely N-dealkylation sites (tertiary alicyclic amines) is 1. The number of carbonyl (C=O) groups is 4. The van der Waals surface area contributed by atoms with Crippen LogP contribution in [0.4, 0.5) is 17.5 Å². The zero-order valence-corrected chi connectivity index (χ0v) is 46.0. The van der Waals surface area contributed by atoms with Gasteiger partial charge in [0.25, 0.3) is 5.91 Å². The molecule has 3 atom stereocenters. The van der Waals surface area contributed by atoms with Crippen LogP contribution in [-0.2, 0) is 39.9 Å². The molecule has 1 saturated carbocycles. The zero-order chi connectivity index (χ0) is 54.3. The number of aryl methyl sites for hydroxylation is 1. The van der Waals surface area contributed by atoms with Crippen LogP contribution in [0.3, 0.4) is 0 Å². The molecular formula is C55H74N12O9S. The summed E-state index contributed by atoms with van der Waals surface area (Å²) in [6.45, 7) is 13.4. The van der Waals surface area contributed by atoms with Gasteiger partial charge in [0.1, 0.15) is 29.8 Å². The molecule has 4 amide bonds. The molecule has 0 unspecified atom stereocenters. The number of thiazole rings is 1. The number of rotatable bonds is 27.